The lowest BCUT2D eigenvalue weighted by Gasteiger charge is -2.12. The maximum atomic E-state index is 6.63. The fraction of sp³-hybridized carbons (Fsp3) is 0. The molecule has 11 rings (SSSR count). The monoisotopic (exact) mass is 753 g/mol. The second kappa shape index (κ2) is 14.5. The fourth-order valence-corrected chi connectivity index (χ4v) is 8.16. The van der Waals surface area contributed by atoms with Crippen LogP contribution in [0.2, 0.25) is 0 Å². The van der Waals surface area contributed by atoms with Gasteiger partial charge >= 0.3 is 0 Å². The first-order valence-corrected chi connectivity index (χ1v) is 19.8. The maximum absolute atomic E-state index is 6.63. The van der Waals surface area contributed by atoms with E-state index in [1.165, 1.54) is 11.1 Å². The standard InChI is InChI=1S/C55H35N3O/c1-4-13-36(14-5-1)37-23-29-41(30-24-37)48-35-49(58-55(57-48)44-17-8-3-9-18-44)42-31-25-38(26-32-42)39-27-33-43(34-28-39)53-54-52(46-19-10-11-22-50(46)59-54)51-45(20-12-21-47(51)56-53)40-15-6-2-7-16-40/h1-35H. The van der Waals surface area contributed by atoms with Crippen LogP contribution in [0.1, 0.15) is 0 Å². The molecule has 8 aromatic carbocycles. The van der Waals surface area contributed by atoms with Gasteiger partial charge in [0.1, 0.15) is 11.3 Å². The molecular formula is C55H35N3O. The van der Waals surface area contributed by atoms with E-state index >= 15 is 0 Å². The van der Waals surface area contributed by atoms with Crippen LogP contribution in [0.5, 0.6) is 0 Å². The first kappa shape index (κ1) is 34.3. The van der Waals surface area contributed by atoms with Crippen molar-refractivity contribution in [3.8, 4) is 78.5 Å². The highest BCUT2D eigenvalue weighted by Crippen LogP contribution is 2.43. The molecule has 276 valence electrons. The summed E-state index contributed by atoms with van der Waals surface area (Å²) in [5, 5.41) is 3.28. The third kappa shape index (κ3) is 6.34. The van der Waals surface area contributed by atoms with Gasteiger partial charge in [-0.15, -0.1) is 0 Å². The molecule has 59 heavy (non-hydrogen) atoms. The van der Waals surface area contributed by atoms with E-state index < -0.39 is 0 Å². The number of aromatic nitrogens is 3. The van der Waals surface area contributed by atoms with Crippen molar-refractivity contribution in [3.05, 3.63) is 212 Å². The Morgan fingerprint density at radius 1 is 0.322 bits per heavy atom. The third-order valence-electron chi connectivity index (χ3n) is 11.1. The Hall–Kier alpha value is -7.95. The molecule has 0 N–H and O–H groups in total. The highest BCUT2D eigenvalue weighted by atomic mass is 16.3. The molecule has 0 aliphatic rings. The van der Waals surface area contributed by atoms with Crippen LogP contribution in [0, 0.1) is 0 Å². The van der Waals surface area contributed by atoms with E-state index in [0.717, 1.165) is 94.4 Å². The summed E-state index contributed by atoms with van der Waals surface area (Å²) in [6.45, 7) is 0. The van der Waals surface area contributed by atoms with Crippen molar-refractivity contribution in [2.45, 2.75) is 0 Å². The van der Waals surface area contributed by atoms with Crippen molar-refractivity contribution in [3.63, 3.8) is 0 Å². The Labute approximate surface area is 341 Å². The SMILES string of the molecule is c1ccc(-c2ccc(-c3cc(-c4ccc(-c5ccc(-c6nc7cccc(-c8ccccc8)c7c7c6oc6ccccc67)cc5)cc4)nc(-c4ccccc4)n3)cc2)cc1. The van der Waals surface area contributed by atoms with Crippen molar-refractivity contribution in [1.29, 1.82) is 0 Å². The summed E-state index contributed by atoms with van der Waals surface area (Å²) < 4.78 is 6.63. The number of pyridine rings is 1. The molecule has 0 spiro atoms. The van der Waals surface area contributed by atoms with Crippen LogP contribution in [-0.2, 0) is 0 Å². The number of hydrogen-bond acceptors (Lipinski definition) is 4. The second-order valence-electron chi connectivity index (χ2n) is 14.8. The molecule has 0 saturated carbocycles. The first-order valence-electron chi connectivity index (χ1n) is 19.8. The predicted molar refractivity (Wildman–Crippen MR) is 243 cm³/mol. The lowest BCUT2D eigenvalue weighted by atomic mass is 9.95. The summed E-state index contributed by atoms with van der Waals surface area (Å²) in [5.74, 6) is 0.696. The quantitative estimate of drug-likeness (QED) is 0.163. The van der Waals surface area contributed by atoms with Crippen LogP contribution in [0.15, 0.2) is 217 Å². The number of fused-ring (bicyclic) bond motifs is 5. The van der Waals surface area contributed by atoms with Gasteiger partial charge < -0.3 is 4.42 Å². The molecule has 4 nitrogen and oxygen atoms in total. The van der Waals surface area contributed by atoms with Crippen LogP contribution in [-0.4, -0.2) is 15.0 Å². The average molecular weight is 754 g/mol. The van der Waals surface area contributed by atoms with Crippen LogP contribution in [0.4, 0.5) is 0 Å². The Kier molecular flexibility index (Phi) is 8.45. The first-order chi connectivity index (χ1) is 29.2. The second-order valence-corrected chi connectivity index (χ2v) is 14.8. The summed E-state index contributed by atoms with van der Waals surface area (Å²) in [6.07, 6.45) is 0. The van der Waals surface area contributed by atoms with Gasteiger partial charge in [0.25, 0.3) is 0 Å². The smallest absolute Gasteiger partial charge is 0.162 e. The van der Waals surface area contributed by atoms with Gasteiger partial charge in [-0.2, -0.15) is 0 Å². The average Bonchev–Trinajstić information content (AvgIpc) is 3.72. The van der Waals surface area contributed by atoms with Gasteiger partial charge in [0.15, 0.2) is 11.4 Å². The number of para-hydroxylation sites is 1. The van der Waals surface area contributed by atoms with Crippen LogP contribution >= 0.6 is 0 Å². The molecule has 0 bridgehead atoms. The molecule has 0 amide bonds. The Bertz CT molecular complexity index is 3270. The van der Waals surface area contributed by atoms with Gasteiger partial charge in [-0.1, -0.05) is 194 Å². The molecule has 3 heterocycles. The molecule has 0 saturated heterocycles. The van der Waals surface area contributed by atoms with E-state index in [1.807, 2.05) is 42.5 Å². The van der Waals surface area contributed by atoms with Gasteiger partial charge in [-0.25, -0.2) is 15.0 Å². The Morgan fingerprint density at radius 2 is 0.797 bits per heavy atom. The molecule has 0 aliphatic heterocycles. The predicted octanol–water partition coefficient (Wildman–Crippen LogP) is 14.6. The van der Waals surface area contributed by atoms with Gasteiger partial charge in [-0.05, 0) is 51.6 Å². The van der Waals surface area contributed by atoms with Crippen molar-refractivity contribution in [2.24, 2.45) is 0 Å². The minimum Gasteiger partial charge on any atom is -0.454 e. The lowest BCUT2D eigenvalue weighted by molar-refractivity contribution is 0.669. The number of furan rings is 1. The summed E-state index contributed by atoms with van der Waals surface area (Å²) in [7, 11) is 0. The normalized spacial score (nSPS) is 11.4. The third-order valence-corrected chi connectivity index (χ3v) is 11.1. The van der Waals surface area contributed by atoms with Crippen LogP contribution in [0.3, 0.4) is 0 Å². The summed E-state index contributed by atoms with van der Waals surface area (Å²) in [5.41, 5.74) is 16.1. The van der Waals surface area contributed by atoms with Gasteiger partial charge in [0, 0.05) is 38.4 Å². The Morgan fingerprint density at radius 3 is 1.39 bits per heavy atom. The van der Waals surface area contributed by atoms with E-state index in [-0.39, 0.29) is 0 Å². The number of hydrogen-bond donors (Lipinski definition) is 0. The highest BCUT2D eigenvalue weighted by molar-refractivity contribution is 6.24. The van der Waals surface area contributed by atoms with Crippen LogP contribution in [0.25, 0.3) is 111 Å². The lowest BCUT2D eigenvalue weighted by Crippen LogP contribution is -1.96. The van der Waals surface area contributed by atoms with E-state index in [0.29, 0.717) is 5.82 Å². The number of nitrogens with zero attached hydrogens (tertiary/aromatic N) is 3. The zero-order valence-corrected chi connectivity index (χ0v) is 32.0. The molecule has 11 aromatic rings. The molecule has 0 atom stereocenters. The van der Waals surface area contributed by atoms with Crippen LogP contribution < -0.4 is 0 Å². The zero-order valence-electron chi connectivity index (χ0n) is 32.0. The minimum absolute atomic E-state index is 0.696. The van der Waals surface area contributed by atoms with Gasteiger partial charge in [0.05, 0.1) is 16.9 Å². The van der Waals surface area contributed by atoms with Gasteiger partial charge in [-0.3, -0.25) is 0 Å². The van der Waals surface area contributed by atoms with Crippen molar-refractivity contribution < 1.29 is 4.42 Å². The van der Waals surface area contributed by atoms with E-state index in [2.05, 4.69) is 170 Å². The molecule has 0 aliphatic carbocycles. The topological polar surface area (TPSA) is 51.8 Å². The molecule has 3 aromatic heterocycles. The molecular weight excluding hydrogens is 719 g/mol. The highest BCUT2D eigenvalue weighted by Gasteiger charge is 2.20. The van der Waals surface area contributed by atoms with Crippen molar-refractivity contribution >= 4 is 32.8 Å². The van der Waals surface area contributed by atoms with E-state index in [9.17, 15) is 0 Å². The Balaban J connectivity index is 0.945. The fourth-order valence-electron chi connectivity index (χ4n) is 8.16. The zero-order chi connectivity index (χ0) is 39.1. The molecule has 0 unspecified atom stereocenters. The summed E-state index contributed by atoms with van der Waals surface area (Å²) in [6, 6.07) is 73.7. The number of rotatable bonds is 7. The van der Waals surface area contributed by atoms with Crippen molar-refractivity contribution in [1.82, 2.24) is 15.0 Å². The summed E-state index contributed by atoms with van der Waals surface area (Å²) >= 11 is 0. The van der Waals surface area contributed by atoms with Gasteiger partial charge in [0.2, 0.25) is 0 Å². The largest absolute Gasteiger partial charge is 0.454 e. The molecule has 4 heteroatoms. The van der Waals surface area contributed by atoms with E-state index in [4.69, 9.17) is 19.4 Å². The minimum atomic E-state index is 0.696. The molecule has 0 fully saturated rings. The van der Waals surface area contributed by atoms with E-state index in [1.54, 1.807) is 0 Å². The summed E-state index contributed by atoms with van der Waals surface area (Å²) in [4.78, 5) is 15.4. The molecule has 0 radical (unpaired) electrons. The van der Waals surface area contributed by atoms with Crippen molar-refractivity contribution in [2.75, 3.05) is 0 Å². The maximum Gasteiger partial charge on any atom is 0.162 e. The number of benzene rings is 8.